The van der Waals surface area contributed by atoms with Gasteiger partial charge in [0.15, 0.2) is 0 Å². The summed E-state index contributed by atoms with van der Waals surface area (Å²) >= 11 is 0. The second kappa shape index (κ2) is 3.14. The van der Waals surface area contributed by atoms with Gasteiger partial charge >= 0.3 is 0 Å². The van der Waals surface area contributed by atoms with Gasteiger partial charge in [-0.2, -0.15) is 0 Å². The van der Waals surface area contributed by atoms with Gasteiger partial charge in [-0.15, -0.1) is 4.91 Å². The first kappa shape index (κ1) is 7.72. The molecular formula is C8H10N2O. The fraction of sp³-hybridized carbons (Fsp3) is 0.250. The smallest absolute Gasteiger partial charge is 0.0623 e. The van der Waals surface area contributed by atoms with E-state index in [9.17, 15) is 4.91 Å². The van der Waals surface area contributed by atoms with Crippen molar-refractivity contribution in [1.29, 1.82) is 0 Å². The summed E-state index contributed by atoms with van der Waals surface area (Å²) < 4.78 is 0. The lowest BCUT2D eigenvalue weighted by Gasteiger charge is -2.02. The highest BCUT2D eigenvalue weighted by Crippen LogP contribution is 2.15. The average Bonchev–Trinajstić information content (AvgIpc) is 1.95. The maximum absolute atomic E-state index is 9.85. The number of benzene rings is 1. The summed E-state index contributed by atoms with van der Waals surface area (Å²) in [6.07, 6.45) is 0. The van der Waals surface area contributed by atoms with Crippen LogP contribution >= 0.6 is 0 Å². The molecule has 0 atom stereocenters. The summed E-state index contributed by atoms with van der Waals surface area (Å²) in [7, 11) is 0. The molecule has 1 aromatic rings. The molecule has 0 spiro atoms. The van der Waals surface area contributed by atoms with E-state index in [1.807, 2.05) is 32.0 Å². The number of rotatable bonds is 2. The molecule has 0 aromatic heterocycles. The van der Waals surface area contributed by atoms with Crippen LogP contribution in [0.1, 0.15) is 11.1 Å². The Kier molecular flexibility index (Phi) is 2.21. The summed E-state index contributed by atoms with van der Waals surface area (Å²) in [6.45, 7) is 3.94. The zero-order valence-corrected chi connectivity index (χ0v) is 6.59. The van der Waals surface area contributed by atoms with Gasteiger partial charge in [0.05, 0.1) is 11.0 Å². The Morgan fingerprint density at radius 2 is 2.09 bits per heavy atom. The van der Waals surface area contributed by atoms with E-state index in [1.165, 1.54) is 5.56 Å². The molecule has 0 aliphatic heterocycles. The van der Waals surface area contributed by atoms with Crippen LogP contribution in [0.5, 0.6) is 0 Å². The van der Waals surface area contributed by atoms with E-state index < -0.39 is 0 Å². The Hall–Kier alpha value is -1.38. The van der Waals surface area contributed by atoms with E-state index in [0.717, 1.165) is 11.3 Å². The second-order valence-corrected chi connectivity index (χ2v) is 2.52. The quantitative estimate of drug-likeness (QED) is 0.519. The van der Waals surface area contributed by atoms with E-state index in [1.54, 1.807) is 0 Å². The molecular weight excluding hydrogens is 140 g/mol. The van der Waals surface area contributed by atoms with Gasteiger partial charge in [-0.05, 0) is 25.5 Å². The Labute approximate surface area is 65.4 Å². The maximum Gasteiger partial charge on any atom is 0.0623 e. The monoisotopic (exact) mass is 150 g/mol. The van der Waals surface area contributed by atoms with Gasteiger partial charge in [0, 0.05) is 0 Å². The molecule has 0 saturated heterocycles. The number of aryl methyl sites for hydroxylation is 2. The van der Waals surface area contributed by atoms with Crippen molar-refractivity contribution in [2.24, 2.45) is 5.29 Å². The van der Waals surface area contributed by atoms with E-state index in [0.29, 0.717) is 0 Å². The van der Waals surface area contributed by atoms with Gasteiger partial charge in [-0.25, -0.2) is 5.43 Å². The van der Waals surface area contributed by atoms with Crippen molar-refractivity contribution >= 4 is 5.69 Å². The first-order chi connectivity index (χ1) is 5.24. The number of hydrogen-bond donors (Lipinski definition) is 1. The van der Waals surface area contributed by atoms with Crippen LogP contribution in [0.3, 0.4) is 0 Å². The van der Waals surface area contributed by atoms with Crippen molar-refractivity contribution in [2.75, 3.05) is 5.43 Å². The van der Waals surface area contributed by atoms with E-state index >= 15 is 0 Å². The number of hydrogen-bond acceptors (Lipinski definition) is 2. The van der Waals surface area contributed by atoms with Crippen LogP contribution < -0.4 is 5.43 Å². The third-order valence-electron chi connectivity index (χ3n) is 1.55. The van der Waals surface area contributed by atoms with Crippen LogP contribution in [0.4, 0.5) is 5.69 Å². The van der Waals surface area contributed by atoms with Crippen molar-refractivity contribution < 1.29 is 0 Å². The van der Waals surface area contributed by atoms with Crippen molar-refractivity contribution in [2.45, 2.75) is 13.8 Å². The SMILES string of the molecule is Cc1ccc(NN=O)c(C)c1. The maximum atomic E-state index is 9.85. The van der Waals surface area contributed by atoms with E-state index in [-0.39, 0.29) is 0 Å². The summed E-state index contributed by atoms with van der Waals surface area (Å²) in [5.74, 6) is 0. The predicted octanol–water partition coefficient (Wildman–Crippen LogP) is 2.40. The molecule has 0 saturated carbocycles. The average molecular weight is 150 g/mol. The Balaban J connectivity index is 2.98. The van der Waals surface area contributed by atoms with Crippen LogP contribution in [-0.4, -0.2) is 0 Å². The fourth-order valence-corrected chi connectivity index (χ4v) is 0.988. The van der Waals surface area contributed by atoms with Crippen molar-refractivity contribution in [3.63, 3.8) is 0 Å². The van der Waals surface area contributed by atoms with Gasteiger partial charge in [-0.3, -0.25) is 0 Å². The number of nitroso groups, excluding NO2 is 1. The molecule has 0 bridgehead atoms. The normalized spacial score (nSPS) is 9.27. The number of nitrogens with one attached hydrogen (secondary N) is 1. The lowest BCUT2D eigenvalue weighted by molar-refractivity contribution is 1.27. The van der Waals surface area contributed by atoms with Crippen LogP contribution in [0.2, 0.25) is 0 Å². The molecule has 11 heavy (non-hydrogen) atoms. The minimum atomic E-state index is 0.769. The minimum Gasteiger partial charge on any atom is -0.242 e. The topological polar surface area (TPSA) is 41.5 Å². The van der Waals surface area contributed by atoms with Crippen LogP contribution in [0.25, 0.3) is 0 Å². The molecule has 0 amide bonds. The lowest BCUT2D eigenvalue weighted by Crippen LogP contribution is -1.89. The van der Waals surface area contributed by atoms with Gasteiger partial charge in [0.1, 0.15) is 0 Å². The summed E-state index contributed by atoms with van der Waals surface area (Å²) in [6, 6.07) is 5.76. The van der Waals surface area contributed by atoms with Gasteiger partial charge in [-0.1, -0.05) is 17.7 Å². The molecule has 0 heterocycles. The Morgan fingerprint density at radius 1 is 1.36 bits per heavy atom. The molecule has 58 valence electrons. The third-order valence-corrected chi connectivity index (χ3v) is 1.55. The highest BCUT2D eigenvalue weighted by molar-refractivity contribution is 5.51. The molecule has 1 aromatic carbocycles. The summed E-state index contributed by atoms with van der Waals surface area (Å²) in [5, 5.41) is 2.60. The highest BCUT2D eigenvalue weighted by atomic mass is 16.3. The molecule has 3 nitrogen and oxygen atoms in total. The largest absolute Gasteiger partial charge is 0.242 e. The van der Waals surface area contributed by atoms with Gasteiger partial charge in [0.25, 0.3) is 0 Å². The fourth-order valence-electron chi connectivity index (χ4n) is 0.988. The van der Waals surface area contributed by atoms with E-state index in [4.69, 9.17) is 0 Å². The minimum absolute atomic E-state index is 0.769. The first-order valence-corrected chi connectivity index (χ1v) is 3.39. The number of anilines is 1. The highest BCUT2D eigenvalue weighted by Gasteiger charge is 1.95. The molecule has 0 aliphatic rings. The molecule has 1 N–H and O–H groups in total. The van der Waals surface area contributed by atoms with Crippen LogP contribution in [-0.2, 0) is 0 Å². The molecule has 3 heteroatoms. The number of nitrogens with zero attached hydrogens (tertiary/aromatic N) is 1. The Morgan fingerprint density at radius 3 is 2.64 bits per heavy atom. The molecule has 0 radical (unpaired) electrons. The zero-order chi connectivity index (χ0) is 8.27. The van der Waals surface area contributed by atoms with E-state index in [2.05, 4.69) is 10.7 Å². The molecule has 0 fully saturated rings. The summed E-state index contributed by atoms with van der Waals surface area (Å²) in [4.78, 5) is 9.85. The van der Waals surface area contributed by atoms with Crippen LogP contribution in [0.15, 0.2) is 23.5 Å². The molecule has 0 unspecified atom stereocenters. The molecule has 1 rings (SSSR count). The first-order valence-electron chi connectivity index (χ1n) is 3.39. The molecule has 0 aliphatic carbocycles. The lowest BCUT2D eigenvalue weighted by atomic mass is 10.1. The second-order valence-electron chi connectivity index (χ2n) is 2.52. The van der Waals surface area contributed by atoms with Crippen molar-refractivity contribution in [3.8, 4) is 0 Å². The summed E-state index contributed by atoms with van der Waals surface area (Å²) in [5.41, 5.74) is 5.35. The van der Waals surface area contributed by atoms with Crippen molar-refractivity contribution in [1.82, 2.24) is 0 Å². The zero-order valence-electron chi connectivity index (χ0n) is 6.59. The predicted molar refractivity (Wildman–Crippen MR) is 45.3 cm³/mol. The van der Waals surface area contributed by atoms with Gasteiger partial charge < -0.3 is 0 Å². The third kappa shape index (κ3) is 1.77. The van der Waals surface area contributed by atoms with Crippen LogP contribution in [0, 0.1) is 18.8 Å². The Bertz CT molecular complexity index is 271. The standard InChI is InChI=1S/C8H10N2O/c1-6-3-4-8(9-10-11)7(2)5-6/h3-5H,1-2H3,(H,9,11). The van der Waals surface area contributed by atoms with Crippen molar-refractivity contribution in [3.05, 3.63) is 34.2 Å². The van der Waals surface area contributed by atoms with Gasteiger partial charge in [0.2, 0.25) is 0 Å².